The van der Waals surface area contributed by atoms with Gasteiger partial charge in [0.1, 0.15) is 5.75 Å². The summed E-state index contributed by atoms with van der Waals surface area (Å²) < 4.78 is 17.2. The largest absolute Gasteiger partial charge is 0.497 e. The number of benzene rings is 1. The Bertz CT molecular complexity index is 475. The van der Waals surface area contributed by atoms with Gasteiger partial charge in [-0.05, 0) is 30.5 Å². The first kappa shape index (κ1) is 15.1. The van der Waals surface area contributed by atoms with Crippen molar-refractivity contribution < 1.29 is 14.2 Å². The summed E-state index contributed by atoms with van der Waals surface area (Å²) in [5.41, 5.74) is 1.15. The molecule has 0 N–H and O–H groups in total. The molecule has 0 bridgehead atoms. The highest BCUT2D eigenvalue weighted by Gasteiger charge is 2.52. The van der Waals surface area contributed by atoms with Gasteiger partial charge in [0.05, 0.1) is 37.4 Å². The van der Waals surface area contributed by atoms with E-state index in [0.29, 0.717) is 13.2 Å². The van der Waals surface area contributed by atoms with Crippen molar-refractivity contribution in [3.63, 3.8) is 0 Å². The summed E-state index contributed by atoms with van der Waals surface area (Å²) in [5, 5.41) is 0. The van der Waals surface area contributed by atoms with Gasteiger partial charge in [-0.1, -0.05) is 25.5 Å². The second-order valence-electron chi connectivity index (χ2n) is 6.09. The van der Waals surface area contributed by atoms with Crippen molar-refractivity contribution in [3.05, 3.63) is 29.8 Å². The SMILES string of the molecule is CCC[C@@H]1C[C@@]2(Cl)CO[C@@H](c3ccc(OC)cc3)[C@H]2CO1. The minimum atomic E-state index is -0.275. The third-order valence-corrected chi connectivity index (χ3v) is 5.21. The highest BCUT2D eigenvalue weighted by Crippen LogP contribution is 2.50. The number of fused-ring (bicyclic) bond motifs is 1. The molecule has 0 unspecified atom stereocenters. The van der Waals surface area contributed by atoms with Gasteiger partial charge in [-0.3, -0.25) is 0 Å². The standard InChI is InChI=1S/C17H23ClO3/c1-3-4-14-9-17(18)11-21-16(15(17)10-20-14)12-5-7-13(19-2)8-6-12/h5-8,14-16H,3-4,9-11H2,1-2H3/t14-,15-,16+,17-/m1/s1. The second-order valence-corrected chi connectivity index (χ2v) is 6.85. The lowest BCUT2D eigenvalue weighted by Crippen LogP contribution is -2.44. The summed E-state index contributed by atoms with van der Waals surface area (Å²) in [6.45, 7) is 3.48. The molecule has 2 aliphatic rings. The van der Waals surface area contributed by atoms with Crippen molar-refractivity contribution in [1.29, 1.82) is 0 Å². The van der Waals surface area contributed by atoms with Gasteiger partial charge < -0.3 is 14.2 Å². The third-order valence-electron chi connectivity index (χ3n) is 4.67. The van der Waals surface area contributed by atoms with E-state index in [9.17, 15) is 0 Å². The average Bonchev–Trinajstić information content (AvgIpc) is 2.84. The minimum absolute atomic E-state index is 0.0241. The van der Waals surface area contributed by atoms with Crippen molar-refractivity contribution in [3.8, 4) is 5.75 Å². The van der Waals surface area contributed by atoms with E-state index in [1.165, 1.54) is 0 Å². The molecule has 4 atom stereocenters. The predicted octanol–water partition coefficient (Wildman–Crippen LogP) is 3.95. The topological polar surface area (TPSA) is 27.7 Å². The number of methoxy groups -OCH3 is 1. The van der Waals surface area contributed by atoms with E-state index in [1.54, 1.807) is 7.11 Å². The van der Waals surface area contributed by atoms with Crippen LogP contribution in [0.5, 0.6) is 5.75 Å². The Morgan fingerprint density at radius 2 is 2.05 bits per heavy atom. The molecule has 2 heterocycles. The van der Waals surface area contributed by atoms with Crippen LogP contribution in [0.25, 0.3) is 0 Å². The quantitative estimate of drug-likeness (QED) is 0.788. The fourth-order valence-corrected chi connectivity index (χ4v) is 3.89. The summed E-state index contributed by atoms with van der Waals surface area (Å²) in [6, 6.07) is 8.06. The molecule has 3 nitrogen and oxygen atoms in total. The Morgan fingerprint density at radius 3 is 2.71 bits per heavy atom. The molecular weight excluding hydrogens is 288 g/mol. The first-order chi connectivity index (χ1) is 10.2. The Hall–Kier alpha value is -0.770. The fourth-order valence-electron chi connectivity index (χ4n) is 3.48. The monoisotopic (exact) mass is 310 g/mol. The summed E-state index contributed by atoms with van der Waals surface area (Å²) in [4.78, 5) is -0.275. The molecule has 0 radical (unpaired) electrons. The molecule has 2 fully saturated rings. The molecule has 3 rings (SSSR count). The Morgan fingerprint density at radius 1 is 1.29 bits per heavy atom. The van der Waals surface area contributed by atoms with Crippen LogP contribution in [0.3, 0.4) is 0 Å². The van der Waals surface area contributed by atoms with Gasteiger partial charge in [0.15, 0.2) is 0 Å². The predicted molar refractivity (Wildman–Crippen MR) is 83.0 cm³/mol. The smallest absolute Gasteiger partial charge is 0.118 e. The first-order valence-electron chi connectivity index (χ1n) is 7.72. The molecule has 4 heteroatoms. The molecule has 1 aromatic carbocycles. The van der Waals surface area contributed by atoms with E-state index < -0.39 is 0 Å². The molecule has 2 saturated heterocycles. The zero-order chi connectivity index (χ0) is 14.9. The van der Waals surface area contributed by atoms with E-state index in [4.69, 9.17) is 25.8 Å². The lowest BCUT2D eigenvalue weighted by molar-refractivity contribution is -0.0398. The molecule has 0 amide bonds. The van der Waals surface area contributed by atoms with Crippen LogP contribution < -0.4 is 4.74 Å². The molecule has 1 aromatic rings. The van der Waals surface area contributed by atoms with Crippen molar-refractivity contribution in [2.45, 2.75) is 43.3 Å². The van der Waals surface area contributed by atoms with E-state index in [0.717, 1.165) is 30.6 Å². The minimum Gasteiger partial charge on any atom is -0.497 e. The van der Waals surface area contributed by atoms with Crippen molar-refractivity contribution in [1.82, 2.24) is 0 Å². The number of ether oxygens (including phenoxy) is 3. The number of alkyl halides is 1. The van der Waals surface area contributed by atoms with Gasteiger partial charge in [-0.15, -0.1) is 11.6 Å². The number of rotatable bonds is 4. The molecule has 0 aromatic heterocycles. The lowest BCUT2D eigenvalue weighted by Gasteiger charge is -2.38. The maximum Gasteiger partial charge on any atom is 0.118 e. The van der Waals surface area contributed by atoms with E-state index in [1.807, 2.05) is 12.1 Å². The number of hydrogen-bond acceptors (Lipinski definition) is 3. The molecule has 0 aliphatic carbocycles. The normalized spacial score (nSPS) is 35.5. The molecule has 116 valence electrons. The maximum atomic E-state index is 6.88. The van der Waals surface area contributed by atoms with Gasteiger partial charge in [0, 0.05) is 5.92 Å². The van der Waals surface area contributed by atoms with Gasteiger partial charge in [-0.2, -0.15) is 0 Å². The van der Waals surface area contributed by atoms with Crippen molar-refractivity contribution >= 4 is 11.6 Å². The van der Waals surface area contributed by atoms with E-state index >= 15 is 0 Å². The van der Waals surface area contributed by atoms with Crippen LogP contribution in [-0.2, 0) is 9.47 Å². The molecular formula is C17H23ClO3. The van der Waals surface area contributed by atoms with Crippen LogP contribution in [0.1, 0.15) is 37.9 Å². The van der Waals surface area contributed by atoms with Crippen LogP contribution in [-0.4, -0.2) is 31.3 Å². The Kier molecular flexibility index (Phi) is 4.43. The van der Waals surface area contributed by atoms with E-state index in [2.05, 4.69) is 19.1 Å². The summed E-state index contributed by atoms with van der Waals surface area (Å²) in [7, 11) is 1.67. The molecule has 0 spiro atoms. The average molecular weight is 311 g/mol. The highest BCUT2D eigenvalue weighted by atomic mass is 35.5. The second kappa shape index (κ2) is 6.15. The van der Waals surface area contributed by atoms with Gasteiger partial charge in [0.2, 0.25) is 0 Å². The summed E-state index contributed by atoms with van der Waals surface area (Å²) >= 11 is 6.88. The first-order valence-corrected chi connectivity index (χ1v) is 8.10. The Labute approximate surface area is 131 Å². The molecule has 21 heavy (non-hydrogen) atoms. The lowest BCUT2D eigenvalue weighted by atomic mass is 9.81. The van der Waals surface area contributed by atoms with Gasteiger partial charge in [0.25, 0.3) is 0 Å². The van der Waals surface area contributed by atoms with Gasteiger partial charge >= 0.3 is 0 Å². The third kappa shape index (κ3) is 2.92. The zero-order valence-corrected chi connectivity index (χ0v) is 13.4. The van der Waals surface area contributed by atoms with Crippen molar-refractivity contribution in [2.24, 2.45) is 5.92 Å². The fraction of sp³-hybridized carbons (Fsp3) is 0.647. The molecule has 2 aliphatic heterocycles. The Balaban J connectivity index is 1.75. The number of hydrogen-bond donors (Lipinski definition) is 0. The van der Waals surface area contributed by atoms with Crippen LogP contribution in [0.2, 0.25) is 0 Å². The van der Waals surface area contributed by atoms with Crippen LogP contribution in [0, 0.1) is 5.92 Å². The van der Waals surface area contributed by atoms with E-state index in [-0.39, 0.29) is 23.0 Å². The van der Waals surface area contributed by atoms with Gasteiger partial charge in [-0.25, -0.2) is 0 Å². The summed E-state index contributed by atoms with van der Waals surface area (Å²) in [5.74, 6) is 1.08. The number of halogens is 1. The summed E-state index contributed by atoms with van der Waals surface area (Å²) in [6.07, 6.45) is 3.40. The van der Waals surface area contributed by atoms with Crippen LogP contribution in [0.4, 0.5) is 0 Å². The molecule has 0 saturated carbocycles. The zero-order valence-electron chi connectivity index (χ0n) is 12.7. The van der Waals surface area contributed by atoms with Crippen molar-refractivity contribution in [2.75, 3.05) is 20.3 Å². The maximum absolute atomic E-state index is 6.88. The highest BCUT2D eigenvalue weighted by molar-refractivity contribution is 6.24. The van der Waals surface area contributed by atoms with Crippen LogP contribution in [0.15, 0.2) is 24.3 Å². The van der Waals surface area contributed by atoms with Crippen LogP contribution >= 0.6 is 11.6 Å².